The first kappa shape index (κ1) is 13.6. The number of rotatable bonds is 2. The van der Waals surface area contributed by atoms with Crippen LogP contribution in [0.3, 0.4) is 0 Å². The summed E-state index contributed by atoms with van der Waals surface area (Å²) in [4.78, 5) is 11.9. The Balaban J connectivity index is 2.04. The SMILES string of the molecule is CC1CC(NC(=O)c2ccc(C#CCO)c(F)c2)C1. The maximum atomic E-state index is 13.7. The first-order chi connectivity index (χ1) is 9.10. The van der Waals surface area contributed by atoms with E-state index in [9.17, 15) is 9.18 Å². The number of nitrogens with one attached hydrogen (secondary N) is 1. The van der Waals surface area contributed by atoms with E-state index in [1.165, 1.54) is 12.1 Å². The molecule has 1 saturated carbocycles. The zero-order valence-corrected chi connectivity index (χ0v) is 10.7. The molecule has 0 bridgehead atoms. The first-order valence-corrected chi connectivity index (χ1v) is 6.30. The summed E-state index contributed by atoms with van der Waals surface area (Å²) >= 11 is 0. The van der Waals surface area contributed by atoms with E-state index in [0.29, 0.717) is 11.5 Å². The van der Waals surface area contributed by atoms with Gasteiger partial charge in [0, 0.05) is 11.6 Å². The van der Waals surface area contributed by atoms with Crippen LogP contribution in [0, 0.1) is 23.6 Å². The molecule has 0 radical (unpaired) electrons. The van der Waals surface area contributed by atoms with Gasteiger partial charge in [-0.05, 0) is 37.0 Å². The van der Waals surface area contributed by atoms with Gasteiger partial charge < -0.3 is 10.4 Å². The average molecular weight is 261 g/mol. The Morgan fingerprint density at radius 3 is 2.84 bits per heavy atom. The van der Waals surface area contributed by atoms with Crippen LogP contribution in [0.5, 0.6) is 0 Å². The van der Waals surface area contributed by atoms with E-state index in [0.717, 1.165) is 12.8 Å². The number of halogens is 1. The number of hydrogen-bond acceptors (Lipinski definition) is 2. The topological polar surface area (TPSA) is 49.3 Å². The summed E-state index contributed by atoms with van der Waals surface area (Å²) in [6.45, 7) is 1.82. The van der Waals surface area contributed by atoms with Crippen LogP contribution >= 0.6 is 0 Å². The molecule has 1 aromatic carbocycles. The molecule has 2 N–H and O–H groups in total. The fraction of sp³-hybridized carbons (Fsp3) is 0.400. The van der Waals surface area contributed by atoms with Gasteiger partial charge >= 0.3 is 0 Å². The van der Waals surface area contributed by atoms with Crippen molar-refractivity contribution >= 4 is 5.91 Å². The Hall–Kier alpha value is -1.86. The molecule has 1 aromatic rings. The smallest absolute Gasteiger partial charge is 0.251 e. The van der Waals surface area contributed by atoms with Crippen molar-refractivity contribution in [2.45, 2.75) is 25.8 Å². The minimum absolute atomic E-state index is 0.183. The van der Waals surface area contributed by atoms with Gasteiger partial charge in [0.2, 0.25) is 0 Å². The fourth-order valence-electron chi connectivity index (χ4n) is 2.18. The van der Waals surface area contributed by atoms with Crippen molar-refractivity contribution in [3.05, 3.63) is 35.1 Å². The maximum absolute atomic E-state index is 13.7. The molecule has 100 valence electrons. The molecule has 0 atom stereocenters. The van der Waals surface area contributed by atoms with Gasteiger partial charge in [-0.1, -0.05) is 18.8 Å². The summed E-state index contributed by atoms with van der Waals surface area (Å²) in [6, 6.07) is 4.39. The number of hydrogen-bond donors (Lipinski definition) is 2. The van der Waals surface area contributed by atoms with Gasteiger partial charge in [-0.15, -0.1) is 0 Å². The van der Waals surface area contributed by atoms with Crippen molar-refractivity contribution in [1.82, 2.24) is 5.32 Å². The van der Waals surface area contributed by atoms with Crippen molar-refractivity contribution in [2.24, 2.45) is 5.92 Å². The summed E-state index contributed by atoms with van der Waals surface area (Å²) in [6.07, 6.45) is 1.96. The van der Waals surface area contributed by atoms with E-state index in [1.807, 2.05) is 0 Å². The quantitative estimate of drug-likeness (QED) is 0.796. The summed E-state index contributed by atoms with van der Waals surface area (Å²) in [5.41, 5.74) is 0.481. The second kappa shape index (κ2) is 5.85. The van der Waals surface area contributed by atoms with E-state index in [1.54, 1.807) is 6.07 Å². The van der Waals surface area contributed by atoms with Crippen molar-refractivity contribution in [2.75, 3.05) is 6.61 Å². The Kier molecular flexibility index (Phi) is 4.18. The second-order valence-corrected chi connectivity index (χ2v) is 4.90. The van der Waals surface area contributed by atoms with Crippen LogP contribution in [0.4, 0.5) is 4.39 Å². The molecule has 1 fully saturated rings. The van der Waals surface area contributed by atoms with Gasteiger partial charge in [0.25, 0.3) is 5.91 Å². The highest BCUT2D eigenvalue weighted by atomic mass is 19.1. The molecule has 0 aromatic heterocycles. The van der Waals surface area contributed by atoms with Crippen LogP contribution in [0.25, 0.3) is 0 Å². The van der Waals surface area contributed by atoms with E-state index in [4.69, 9.17) is 5.11 Å². The zero-order chi connectivity index (χ0) is 13.8. The highest BCUT2D eigenvalue weighted by Crippen LogP contribution is 2.26. The van der Waals surface area contributed by atoms with E-state index < -0.39 is 5.82 Å². The summed E-state index contributed by atoms with van der Waals surface area (Å²) in [5.74, 6) is 4.72. The van der Waals surface area contributed by atoms with Gasteiger partial charge in [0.15, 0.2) is 0 Å². The van der Waals surface area contributed by atoms with E-state index in [-0.39, 0.29) is 24.1 Å². The molecule has 3 nitrogen and oxygen atoms in total. The minimum Gasteiger partial charge on any atom is -0.384 e. The lowest BCUT2D eigenvalue weighted by molar-refractivity contribution is 0.0895. The molecule has 0 spiro atoms. The Morgan fingerprint density at radius 2 is 2.26 bits per heavy atom. The lowest BCUT2D eigenvalue weighted by Crippen LogP contribution is -2.43. The summed E-state index contributed by atoms with van der Waals surface area (Å²) < 4.78 is 13.7. The first-order valence-electron chi connectivity index (χ1n) is 6.30. The number of amides is 1. The summed E-state index contributed by atoms with van der Waals surface area (Å²) in [5, 5.41) is 11.4. The number of aliphatic hydroxyl groups excluding tert-OH is 1. The number of carbonyl (C=O) groups is 1. The third kappa shape index (κ3) is 3.33. The van der Waals surface area contributed by atoms with E-state index >= 15 is 0 Å². The zero-order valence-electron chi connectivity index (χ0n) is 10.7. The molecule has 2 rings (SSSR count). The molecule has 19 heavy (non-hydrogen) atoms. The van der Waals surface area contributed by atoms with Crippen LogP contribution in [0.15, 0.2) is 18.2 Å². The van der Waals surface area contributed by atoms with Crippen LogP contribution in [-0.4, -0.2) is 23.7 Å². The van der Waals surface area contributed by atoms with Gasteiger partial charge in [-0.25, -0.2) is 4.39 Å². The van der Waals surface area contributed by atoms with Crippen LogP contribution in [0.2, 0.25) is 0 Å². The number of benzene rings is 1. The van der Waals surface area contributed by atoms with Crippen molar-refractivity contribution in [3.63, 3.8) is 0 Å². The fourth-order valence-corrected chi connectivity index (χ4v) is 2.18. The Bertz CT molecular complexity index is 539. The molecule has 1 amide bonds. The molecule has 0 aliphatic heterocycles. The van der Waals surface area contributed by atoms with Gasteiger partial charge in [-0.3, -0.25) is 4.79 Å². The third-order valence-corrected chi connectivity index (χ3v) is 3.24. The molecule has 0 unspecified atom stereocenters. The molecular weight excluding hydrogens is 245 g/mol. The number of carbonyl (C=O) groups excluding carboxylic acids is 1. The minimum atomic E-state index is -0.546. The number of aliphatic hydroxyl groups is 1. The van der Waals surface area contributed by atoms with Gasteiger partial charge in [-0.2, -0.15) is 0 Å². The molecule has 0 saturated heterocycles. The van der Waals surface area contributed by atoms with Crippen molar-refractivity contribution in [3.8, 4) is 11.8 Å². The Labute approximate surface area is 111 Å². The second-order valence-electron chi connectivity index (χ2n) is 4.90. The van der Waals surface area contributed by atoms with Crippen molar-refractivity contribution < 1.29 is 14.3 Å². The van der Waals surface area contributed by atoms with E-state index in [2.05, 4.69) is 24.1 Å². The standard InChI is InChI=1S/C15H16FNO2/c1-10-7-13(8-10)17-15(19)12-5-4-11(3-2-6-18)14(16)9-12/h4-5,9-10,13,18H,6-8H2,1H3,(H,17,19). The lowest BCUT2D eigenvalue weighted by atomic mass is 9.82. The molecular formula is C15H16FNO2. The van der Waals surface area contributed by atoms with Gasteiger partial charge in [0.1, 0.15) is 12.4 Å². The largest absolute Gasteiger partial charge is 0.384 e. The van der Waals surface area contributed by atoms with Crippen molar-refractivity contribution in [1.29, 1.82) is 0 Å². The molecule has 1 aliphatic rings. The monoisotopic (exact) mass is 261 g/mol. The molecule has 4 heteroatoms. The highest BCUT2D eigenvalue weighted by molar-refractivity contribution is 5.94. The highest BCUT2D eigenvalue weighted by Gasteiger charge is 2.26. The Morgan fingerprint density at radius 1 is 1.53 bits per heavy atom. The molecule has 1 aliphatic carbocycles. The predicted molar refractivity (Wildman–Crippen MR) is 70.0 cm³/mol. The third-order valence-electron chi connectivity index (χ3n) is 3.24. The van der Waals surface area contributed by atoms with Crippen LogP contribution in [-0.2, 0) is 0 Å². The van der Waals surface area contributed by atoms with Gasteiger partial charge in [0.05, 0.1) is 5.56 Å². The normalized spacial score (nSPS) is 21.0. The average Bonchev–Trinajstić information content (AvgIpc) is 2.35. The maximum Gasteiger partial charge on any atom is 0.251 e. The molecule has 0 heterocycles. The lowest BCUT2D eigenvalue weighted by Gasteiger charge is -2.33. The predicted octanol–water partition coefficient (Wildman–Crippen LogP) is 1.70. The van der Waals surface area contributed by atoms with Crippen LogP contribution in [0.1, 0.15) is 35.7 Å². The van der Waals surface area contributed by atoms with Crippen LogP contribution < -0.4 is 5.32 Å². The summed E-state index contributed by atoms with van der Waals surface area (Å²) in [7, 11) is 0.